The van der Waals surface area contributed by atoms with Crippen molar-refractivity contribution < 1.29 is 13.2 Å². The van der Waals surface area contributed by atoms with Crippen molar-refractivity contribution in [2.24, 2.45) is 0 Å². The molecule has 0 unspecified atom stereocenters. The lowest BCUT2D eigenvalue weighted by Gasteiger charge is -2.11. The maximum atomic E-state index is 12.5. The van der Waals surface area contributed by atoms with Crippen LogP contribution in [0.3, 0.4) is 0 Å². The summed E-state index contributed by atoms with van der Waals surface area (Å²) in [6.07, 6.45) is 0. The summed E-state index contributed by atoms with van der Waals surface area (Å²) in [4.78, 5) is 12.6. The monoisotopic (exact) mass is 426 g/mol. The molecule has 0 aliphatic carbocycles. The molecular weight excluding hydrogens is 415 g/mol. The third-order valence-electron chi connectivity index (χ3n) is 3.40. The molecular formula is C17H12Cl2N2O3S2. The Morgan fingerprint density at radius 1 is 0.923 bits per heavy atom. The molecule has 1 aromatic heterocycles. The van der Waals surface area contributed by atoms with Crippen molar-refractivity contribution in [2.45, 2.75) is 4.90 Å². The third-order valence-corrected chi connectivity index (χ3v) is 6.35. The number of hydrogen-bond acceptors (Lipinski definition) is 4. The molecule has 2 aromatic carbocycles. The molecule has 0 fully saturated rings. The lowest BCUT2D eigenvalue weighted by atomic mass is 10.2. The lowest BCUT2D eigenvalue weighted by Crippen LogP contribution is -2.17. The molecule has 0 atom stereocenters. The number of carbonyl (C=O) groups is 1. The maximum Gasteiger partial charge on any atom is 0.261 e. The normalized spacial score (nSPS) is 11.2. The number of sulfonamides is 1. The Hall–Kier alpha value is -2.06. The zero-order valence-electron chi connectivity index (χ0n) is 13.1. The van der Waals surface area contributed by atoms with Crippen LogP contribution in [0.5, 0.6) is 0 Å². The zero-order valence-corrected chi connectivity index (χ0v) is 16.2. The average Bonchev–Trinajstić information content (AvgIpc) is 3.07. The zero-order chi connectivity index (χ0) is 18.7. The number of benzene rings is 2. The first-order valence-electron chi connectivity index (χ1n) is 7.28. The minimum absolute atomic E-state index is 0.107. The van der Waals surface area contributed by atoms with Gasteiger partial charge >= 0.3 is 0 Å². The van der Waals surface area contributed by atoms with E-state index in [4.69, 9.17) is 23.2 Å². The predicted octanol–water partition coefficient (Wildman–Crippen LogP) is 5.11. The molecule has 134 valence electrons. The van der Waals surface area contributed by atoms with E-state index in [1.54, 1.807) is 47.2 Å². The van der Waals surface area contributed by atoms with Crippen LogP contribution >= 0.6 is 34.5 Å². The van der Waals surface area contributed by atoms with E-state index in [-0.39, 0.29) is 21.2 Å². The van der Waals surface area contributed by atoms with Crippen LogP contribution in [0.4, 0.5) is 11.4 Å². The SMILES string of the molecule is O=C(Nc1cccc(Cl)c1Cl)c1cscc1NS(=O)(=O)c1ccccc1. The van der Waals surface area contributed by atoms with Gasteiger partial charge < -0.3 is 5.32 Å². The Morgan fingerprint density at radius 2 is 1.65 bits per heavy atom. The van der Waals surface area contributed by atoms with E-state index in [0.717, 1.165) is 0 Å². The molecule has 1 heterocycles. The summed E-state index contributed by atoms with van der Waals surface area (Å²) < 4.78 is 27.3. The topological polar surface area (TPSA) is 75.3 Å². The van der Waals surface area contributed by atoms with Crippen LogP contribution in [0.1, 0.15) is 10.4 Å². The van der Waals surface area contributed by atoms with Crippen LogP contribution in [-0.4, -0.2) is 14.3 Å². The highest BCUT2D eigenvalue weighted by molar-refractivity contribution is 7.92. The van der Waals surface area contributed by atoms with Gasteiger partial charge in [-0.1, -0.05) is 47.5 Å². The Labute approximate surface area is 164 Å². The molecule has 0 saturated carbocycles. The summed E-state index contributed by atoms with van der Waals surface area (Å²) in [5, 5.41) is 6.26. The second-order valence-corrected chi connectivity index (χ2v) is 8.38. The van der Waals surface area contributed by atoms with Crippen molar-refractivity contribution in [1.29, 1.82) is 0 Å². The fourth-order valence-electron chi connectivity index (χ4n) is 2.15. The van der Waals surface area contributed by atoms with E-state index in [0.29, 0.717) is 10.7 Å². The number of anilines is 2. The van der Waals surface area contributed by atoms with Gasteiger partial charge in [0.05, 0.1) is 31.9 Å². The molecule has 3 aromatic rings. The molecule has 26 heavy (non-hydrogen) atoms. The number of thiophene rings is 1. The molecule has 0 saturated heterocycles. The van der Waals surface area contributed by atoms with Crippen molar-refractivity contribution in [3.8, 4) is 0 Å². The Bertz CT molecular complexity index is 1050. The maximum absolute atomic E-state index is 12.5. The minimum atomic E-state index is -3.80. The molecule has 2 N–H and O–H groups in total. The first-order valence-corrected chi connectivity index (χ1v) is 10.5. The molecule has 5 nitrogen and oxygen atoms in total. The fraction of sp³-hybridized carbons (Fsp3) is 0. The van der Waals surface area contributed by atoms with Crippen LogP contribution < -0.4 is 10.0 Å². The van der Waals surface area contributed by atoms with Gasteiger partial charge in [0.15, 0.2) is 0 Å². The van der Waals surface area contributed by atoms with E-state index in [1.807, 2.05) is 0 Å². The van der Waals surface area contributed by atoms with Crippen molar-refractivity contribution in [3.63, 3.8) is 0 Å². The number of amides is 1. The lowest BCUT2D eigenvalue weighted by molar-refractivity contribution is 0.102. The summed E-state index contributed by atoms with van der Waals surface area (Å²) >= 11 is 13.2. The van der Waals surface area contributed by atoms with Crippen LogP contribution in [0.2, 0.25) is 10.0 Å². The fourth-order valence-corrected chi connectivity index (χ4v) is 4.42. The van der Waals surface area contributed by atoms with Gasteiger partial charge in [-0.05, 0) is 24.3 Å². The largest absolute Gasteiger partial charge is 0.320 e. The van der Waals surface area contributed by atoms with E-state index in [2.05, 4.69) is 10.0 Å². The van der Waals surface area contributed by atoms with Gasteiger partial charge in [0, 0.05) is 10.8 Å². The summed E-state index contributed by atoms with van der Waals surface area (Å²) in [7, 11) is -3.80. The minimum Gasteiger partial charge on any atom is -0.320 e. The third kappa shape index (κ3) is 4.02. The van der Waals surface area contributed by atoms with Gasteiger partial charge in [-0.15, -0.1) is 11.3 Å². The van der Waals surface area contributed by atoms with Crippen molar-refractivity contribution in [3.05, 3.63) is 74.9 Å². The molecule has 0 aliphatic heterocycles. The van der Waals surface area contributed by atoms with Gasteiger partial charge in [0.1, 0.15) is 0 Å². The summed E-state index contributed by atoms with van der Waals surface area (Å²) in [5.41, 5.74) is 0.715. The number of nitrogens with one attached hydrogen (secondary N) is 2. The number of hydrogen-bond donors (Lipinski definition) is 2. The summed E-state index contributed by atoms with van der Waals surface area (Å²) in [6.45, 7) is 0. The second kappa shape index (κ2) is 7.67. The van der Waals surface area contributed by atoms with Gasteiger partial charge in [-0.3, -0.25) is 9.52 Å². The molecule has 0 spiro atoms. The standard InChI is InChI=1S/C17H12Cl2N2O3S2/c18-13-7-4-8-14(16(13)19)20-17(22)12-9-25-10-15(12)21-26(23,24)11-5-2-1-3-6-11/h1-10,21H,(H,20,22). The first-order chi connectivity index (χ1) is 12.4. The van der Waals surface area contributed by atoms with Crippen molar-refractivity contribution >= 4 is 61.8 Å². The quantitative estimate of drug-likeness (QED) is 0.594. The van der Waals surface area contributed by atoms with Gasteiger partial charge in [-0.2, -0.15) is 0 Å². The molecule has 1 amide bonds. The highest BCUT2D eigenvalue weighted by Gasteiger charge is 2.20. The number of halogens is 2. The number of carbonyl (C=O) groups excluding carboxylic acids is 1. The van der Waals surface area contributed by atoms with Gasteiger partial charge in [0.2, 0.25) is 0 Å². The highest BCUT2D eigenvalue weighted by Crippen LogP contribution is 2.31. The first kappa shape index (κ1) is 18.7. The van der Waals surface area contributed by atoms with E-state index < -0.39 is 15.9 Å². The smallest absolute Gasteiger partial charge is 0.261 e. The Kier molecular flexibility index (Phi) is 5.52. The van der Waals surface area contributed by atoms with E-state index in [9.17, 15) is 13.2 Å². The number of rotatable bonds is 5. The predicted molar refractivity (Wildman–Crippen MR) is 106 cm³/mol. The highest BCUT2D eigenvalue weighted by atomic mass is 35.5. The molecule has 0 aliphatic rings. The second-order valence-electron chi connectivity index (χ2n) is 5.17. The van der Waals surface area contributed by atoms with Gasteiger partial charge in [0.25, 0.3) is 15.9 Å². The van der Waals surface area contributed by atoms with Crippen molar-refractivity contribution in [1.82, 2.24) is 0 Å². The van der Waals surface area contributed by atoms with Crippen LogP contribution in [0.25, 0.3) is 0 Å². The molecule has 3 rings (SSSR count). The summed E-state index contributed by atoms with van der Waals surface area (Å²) in [6, 6.07) is 12.8. The van der Waals surface area contributed by atoms with Crippen LogP contribution in [0.15, 0.2) is 64.2 Å². The van der Waals surface area contributed by atoms with E-state index >= 15 is 0 Å². The Balaban J connectivity index is 1.84. The summed E-state index contributed by atoms with van der Waals surface area (Å²) in [5.74, 6) is -0.499. The molecule has 9 heteroatoms. The molecule has 0 radical (unpaired) electrons. The van der Waals surface area contributed by atoms with E-state index in [1.165, 1.54) is 23.5 Å². The van der Waals surface area contributed by atoms with Crippen LogP contribution in [-0.2, 0) is 10.0 Å². The average molecular weight is 427 g/mol. The Morgan fingerprint density at radius 3 is 2.38 bits per heavy atom. The molecule has 0 bridgehead atoms. The van der Waals surface area contributed by atoms with Crippen LogP contribution in [0, 0.1) is 0 Å². The van der Waals surface area contributed by atoms with Crippen molar-refractivity contribution in [2.75, 3.05) is 10.0 Å². The van der Waals surface area contributed by atoms with Gasteiger partial charge in [-0.25, -0.2) is 8.42 Å².